The van der Waals surface area contributed by atoms with Crippen LogP contribution < -0.4 is 0 Å². The Labute approximate surface area is 201 Å². The highest BCUT2D eigenvalue weighted by atomic mass is 32.1. The lowest BCUT2D eigenvalue weighted by molar-refractivity contribution is -0.384. The molecule has 0 spiro atoms. The Morgan fingerprint density at radius 1 is 1.18 bits per heavy atom. The molecule has 0 atom stereocenters. The number of hydrogen-bond donors (Lipinski definition) is 0. The Hall–Kier alpha value is -3.80. The molecule has 170 valence electrons. The average molecular weight is 471 g/mol. The predicted molar refractivity (Wildman–Crippen MR) is 133 cm³/mol. The number of benzene rings is 2. The van der Waals surface area contributed by atoms with Crippen LogP contribution in [0.1, 0.15) is 23.4 Å². The third-order valence-electron chi connectivity index (χ3n) is 5.98. The highest BCUT2D eigenvalue weighted by molar-refractivity contribution is 7.19. The summed E-state index contributed by atoms with van der Waals surface area (Å²) in [5.41, 5.74) is 5.63. The Morgan fingerprint density at radius 2 is 2.00 bits per heavy atom. The van der Waals surface area contributed by atoms with Crippen LogP contribution in [-0.4, -0.2) is 41.1 Å². The quantitative estimate of drug-likeness (QED) is 0.275. The third-order valence-corrected chi connectivity index (χ3v) is 7.05. The van der Waals surface area contributed by atoms with E-state index >= 15 is 0 Å². The van der Waals surface area contributed by atoms with E-state index in [2.05, 4.69) is 16.0 Å². The lowest BCUT2D eigenvalue weighted by atomic mass is 10.1. The number of para-hydroxylation sites is 1. The van der Waals surface area contributed by atoms with E-state index in [1.807, 2.05) is 42.5 Å². The summed E-state index contributed by atoms with van der Waals surface area (Å²) >= 11 is 1.52. The molecule has 2 aromatic carbocycles. The minimum atomic E-state index is -0.374. The summed E-state index contributed by atoms with van der Waals surface area (Å²) in [4.78, 5) is 17.8. The fraction of sp³-hybridized carbons (Fsp3) is 0.231. The van der Waals surface area contributed by atoms with Crippen LogP contribution in [0.15, 0.2) is 71.5 Å². The second-order valence-electron chi connectivity index (χ2n) is 8.15. The average Bonchev–Trinajstić information content (AvgIpc) is 3.47. The molecular formula is C26H22N4O3S. The second kappa shape index (κ2) is 9.59. The summed E-state index contributed by atoms with van der Waals surface area (Å²) in [6.45, 7) is 2.82. The molecule has 1 aliphatic carbocycles. The number of morpholine rings is 1. The molecule has 8 heteroatoms. The van der Waals surface area contributed by atoms with E-state index in [9.17, 15) is 15.4 Å². The van der Waals surface area contributed by atoms with Crippen LogP contribution in [0, 0.1) is 21.4 Å². The van der Waals surface area contributed by atoms with Crippen molar-refractivity contribution >= 4 is 38.9 Å². The largest absolute Gasteiger partial charge is 0.378 e. The van der Waals surface area contributed by atoms with Crippen molar-refractivity contribution in [2.24, 2.45) is 0 Å². The molecule has 0 unspecified atom stereocenters. The van der Waals surface area contributed by atoms with Gasteiger partial charge >= 0.3 is 0 Å². The van der Waals surface area contributed by atoms with Crippen LogP contribution in [0.3, 0.4) is 0 Å². The van der Waals surface area contributed by atoms with Gasteiger partial charge in [-0.25, -0.2) is 4.98 Å². The lowest BCUT2D eigenvalue weighted by Crippen LogP contribution is -2.36. The smallest absolute Gasteiger partial charge is 0.270 e. The molecule has 1 saturated heterocycles. The molecule has 2 heterocycles. The van der Waals surface area contributed by atoms with E-state index in [0.717, 1.165) is 58.6 Å². The summed E-state index contributed by atoms with van der Waals surface area (Å²) in [6, 6.07) is 16.9. The lowest BCUT2D eigenvalue weighted by Gasteiger charge is -2.31. The van der Waals surface area contributed by atoms with E-state index in [0.29, 0.717) is 23.8 Å². The zero-order valence-electron chi connectivity index (χ0n) is 18.4. The first-order valence-electron chi connectivity index (χ1n) is 11.1. The van der Waals surface area contributed by atoms with Gasteiger partial charge in [-0.1, -0.05) is 24.3 Å². The van der Waals surface area contributed by atoms with E-state index in [-0.39, 0.29) is 10.6 Å². The van der Waals surface area contributed by atoms with Crippen molar-refractivity contribution in [1.82, 2.24) is 9.88 Å². The number of non-ortho nitro benzene ring substituents is 1. The molecule has 0 amide bonds. The van der Waals surface area contributed by atoms with Crippen molar-refractivity contribution in [3.63, 3.8) is 0 Å². The van der Waals surface area contributed by atoms with Gasteiger partial charge in [0.05, 0.1) is 33.9 Å². The normalized spacial score (nSPS) is 18.0. The van der Waals surface area contributed by atoms with Gasteiger partial charge < -0.3 is 9.64 Å². The summed E-state index contributed by atoms with van der Waals surface area (Å²) < 4.78 is 6.61. The maximum Gasteiger partial charge on any atom is 0.270 e. The van der Waals surface area contributed by atoms with Crippen LogP contribution in [0.5, 0.6) is 0 Å². The Balaban J connectivity index is 1.58. The predicted octanol–water partition coefficient (Wildman–Crippen LogP) is 5.58. The van der Waals surface area contributed by atoms with Gasteiger partial charge in [-0.05, 0) is 53.8 Å². The Kier molecular flexibility index (Phi) is 6.21. The first kappa shape index (κ1) is 22.0. The van der Waals surface area contributed by atoms with Crippen molar-refractivity contribution in [2.75, 3.05) is 26.3 Å². The molecule has 2 aliphatic rings. The van der Waals surface area contributed by atoms with Gasteiger partial charge in [-0.15, -0.1) is 11.3 Å². The zero-order valence-corrected chi connectivity index (χ0v) is 19.3. The number of allylic oxidation sites excluding steroid dienone is 4. The van der Waals surface area contributed by atoms with E-state index < -0.39 is 0 Å². The van der Waals surface area contributed by atoms with Crippen molar-refractivity contribution in [2.45, 2.75) is 12.8 Å². The van der Waals surface area contributed by atoms with Gasteiger partial charge in [0.15, 0.2) is 0 Å². The summed E-state index contributed by atoms with van der Waals surface area (Å²) in [6.07, 6.45) is 5.60. The van der Waals surface area contributed by atoms with Crippen molar-refractivity contribution in [3.8, 4) is 6.07 Å². The van der Waals surface area contributed by atoms with E-state index in [4.69, 9.17) is 4.74 Å². The minimum Gasteiger partial charge on any atom is -0.378 e. The molecule has 0 bridgehead atoms. The highest BCUT2D eigenvalue weighted by Crippen LogP contribution is 2.38. The van der Waals surface area contributed by atoms with Crippen LogP contribution >= 0.6 is 11.3 Å². The number of nitrogens with zero attached hydrogens (tertiary/aromatic N) is 4. The number of hydrogen-bond acceptors (Lipinski definition) is 7. The molecule has 7 nitrogen and oxygen atoms in total. The van der Waals surface area contributed by atoms with Crippen molar-refractivity contribution in [1.29, 1.82) is 5.26 Å². The van der Waals surface area contributed by atoms with Crippen LogP contribution in [-0.2, 0) is 4.74 Å². The fourth-order valence-corrected chi connectivity index (χ4v) is 5.35. The van der Waals surface area contributed by atoms with Gasteiger partial charge in [0.1, 0.15) is 11.1 Å². The molecule has 1 fully saturated rings. The zero-order chi connectivity index (χ0) is 23.5. The monoisotopic (exact) mass is 470 g/mol. The maximum atomic E-state index is 11.2. The second-order valence-corrected chi connectivity index (χ2v) is 9.18. The van der Waals surface area contributed by atoms with Gasteiger partial charge in [-0.3, -0.25) is 10.1 Å². The molecule has 1 aliphatic heterocycles. The first-order chi connectivity index (χ1) is 16.6. The van der Waals surface area contributed by atoms with Gasteiger partial charge in [0, 0.05) is 30.9 Å². The van der Waals surface area contributed by atoms with Gasteiger partial charge in [0.25, 0.3) is 5.69 Å². The standard InChI is InChI=1S/C26H22N4O3S/c27-17-21(26-28-23-6-1-2-7-24(23)34-26)16-20-9-8-19(25(20)29-10-12-33-13-11-29)14-18-4-3-5-22(15-18)30(31)32/h1-7,14-16H,8-13H2. The Bertz CT molecular complexity index is 1360. The molecule has 34 heavy (non-hydrogen) atoms. The van der Waals surface area contributed by atoms with Gasteiger partial charge in [-0.2, -0.15) is 5.26 Å². The molecular weight excluding hydrogens is 448 g/mol. The first-order valence-corrected chi connectivity index (χ1v) is 11.9. The molecule has 0 saturated carbocycles. The van der Waals surface area contributed by atoms with Crippen molar-refractivity contribution in [3.05, 3.63) is 92.1 Å². The number of ether oxygens (including phenoxy) is 1. The van der Waals surface area contributed by atoms with Gasteiger partial charge in [0.2, 0.25) is 0 Å². The molecule has 0 N–H and O–H groups in total. The number of rotatable bonds is 5. The van der Waals surface area contributed by atoms with Crippen LogP contribution in [0.4, 0.5) is 5.69 Å². The topological polar surface area (TPSA) is 92.3 Å². The number of aromatic nitrogens is 1. The third kappa shape index (κ3) is 4.49. The molecule has 5 rings (SSSR count). The number of thiazole rings is 1. The number of nitro groups is 1. The van der Waals surface area contributed by atoms with Crippen LogP contribution in [0.25, 0.3) is 21.9 Å². The fourth-order valence-electron chi connectivity index (χ4n) is 4.42. The summed E-state index contributed by atoms with van der Waals surface area (Å²) in [7, 11) is 0. The SMILES string of the molecule is N#CC(=CC1=C(N2CCOCC2)C(=Cc2cccc([N+](=O)[O-])c2)CC1)c1nc2ccccc2s1. The number of fused-ring (bicyclic) bond motifs is 1. The van der Waals surface area contributed by atoms with Crippen LogP contribution in [0.2, 0.25) is 0 Å². The highest BCUT2D eigenvalue weighted by Gasteiger charge is 2.26. The maximum absolute atomic E-state index is 11.2. The molecule has 1 aromatic heterocycles. The molecule has 0 radical (unpaired) electrons. The number of nitro benzene ring substituents is 1. The summed E-state index contributed by atoms with van der Waals surface area (Å²) in [5.74, 6) is 0. The molecule has 3 aromatic rings. The number of nitriles is 1. The Morgan fingerprint density at radius 3 is 2.76 bits per heavy atom. The minimum absolute atomic E-state index is 0.0759. The van der Waals surface area contributed by atoms with Crippen molar-refractivity contribution < 1.29 is 9.66 Å². The summed E-state index contributed by atoms with van der Waals surface area (Å²) in [5, 5.41) is 21.9. The van der Waals surface area contributed by atoms with E-state index in [1.165, 1.54) is 17.4 Å². The van der Waals surface area contributed by atoms with E-state index in [1.54, 1.807) is 12.1 Å².